The highest BCUT2D eigenvalue weighted by molar-refractivity contribution is 5.72. The van der Waals surface area contributed by atoms with E-state index in [2.05, 4.69) is 4.90 Å². The summed E-state index contributed by atoms with van der Waals surface area (Å²) in [6.07, 6.45) is 9.19. The van der Waals surface area contributed by atoms with Crippen molar-refractivity contribution in [3.8, 4) is 0 Å². The smallest absolute Gasteiger partial charge is 0.310 e. The Balaban J connectivity index is 1.70. The van der Waals surface area contributed by atoms with Gasteiger partial charge in [-0.1, -0.05) is 25.7 Å². The second-order valence-electron chi connectivity index (χ2n) is 5.83. The summed E-state index contributed by atoms with van der Waals surface area (Å²) in [5, 5.41) is 0. The summed E-state index contributed by atoms with van der Waals surface area (Å²) in [5.41, 5.74) is 0. The largest absolute Gasteiger partial charge is 0.466 e. The van der Waals surface area contributed by atoms with Crippen molar-refractivity contribution in [3.05, 3.63) is 0 Å². The van der Waals surface area contributed by atoms with Gasteiger partial charge >= 0.3 is 5.97 Å². The molecule has 1 aliphatic heterocycles. The van der Waals surface area contributed by atoms with E-state index in [9.17, 15) is 4.79 Å². The lowest BCUT2D eigenvalue weighted by Crippen LogP contribution is -2.40. The normalized spacial score (nSPS) is 26.4. The second-order valence-corrected chi connectivity index (χ2v) is 5.83. The standard InChI is InChI=1S/C15H27NO2/c1-2-18-15(17)14-8-5-10-16(12-14)11-9-13-6-3-4-7-13/h13-14H,2-12H2,1H3. The molecule has 0 bridgehead atoms. The molecule has 0 amide bonds. The second kappa shape index (κ2) is 7.13. The zero-order valence-corrected chi connectivity index (χ0v) is 11.7. The summed E-state index contributed by atoms with van der Waals surface area (Å²) in [5.74, 6) is 1.10. The molecule has 1 saturated heterocycles. The lowest BCUT2D eigenvalue weighted by atomic mass is 9.97. The maximum absolute atomic E-state index is 11.8. The van der Waals surface area contributed by atoms with Crippen LogP contribution in [0, 0.1) is 11.8 Å². The number of hydrogen-bond acceptors (Lipinski definition) is 3. The van der Waals surface area contributed by atoms with Crippen LogP contribution in [0.2, 0.25) is 0 Å². The Morgan fingerprint density at radius 1 is 1.22 bits per heavy atom. The van der Waals surface area contributed by atoms with Crippen LogP contribution in [-0.2, 0) is 9.53 Å². The van der Waals surface area contributed by atoms with Crippen LogP contribution < -0.4 is 0 Å². The summed E-state index contributed by atoms with van der Waals surface area (Å²) in [6.45, 7) is 5.67. The van der Waals surface area contributed by atoms with Gasteiger partial charge in [0.15, 0.2) is 0 Å². The Morgan fingerprint density at radius 3 is 2.72 bits per heavy atom. The molecule has 1 unspecified atom stereocenters. The molecule has 2 aliphatic rings. The van der Waals surface area contributed by atoms with Gasteiger partial charge in [-0.15, -0.1) is 0 Å². The minimum atomic E-state index is 0.0167. The summed E-state index contributed by atoms with van der Waals surface area (Å²) in [7, 11) is 0. The van der Waals surface area contributed by atoms with Crippen LogP contribution in [-0.4, -0.2) is 37.1 Å². The van der Waals surface area contributed by atoms with Crippen LogP contribution >= 0.6 is 0 Å². The molecule has 1 atom stereocenters. The molecule has 0 radical (unpaired) electrons. The molecule has 3 nitrogen and oxygen atoms in total. The van der Waals surface area contributed by atoms with Gasteiger partial charge in [0.05, 0.1) is 12.5 Å². The molecular weight excluding hydrogens is 226 g/mol. The Bertz CT molecular complexity index is 261. The predicted molar refractivity (Wildman–Crippen MR) is 72.4 cm³/mol. The SMILES string of the molecule is CCOC(=O)C1CCCN(CCC2CCCC2)C1. The van der Waals surface area contributed by atoms with Gasteiger partial charge in [-0.2, -0.15) is 0 Å². The van der Waals surface area contributed by atoms with Crippen molar-refractivity contribution in [2.45, 2.75) is 51.9 Å². The third-order valence-electron chi connectivity index (χ3n) is 4.45. The molecule has 1 heterocycles. The van der Waals surface area contributed by atoms with Crippen LogP contribution in [0.4, 0.5) is 0 Å². The van der Waals surface area contributed by atoms with Crippen molar-refractivity contribution in [1.82, 2.24) is 4.90 Å². The van der Waals surface area contributed by atoms with Crippen LogP contribution in [0.5, 0.6) is 0 Å². The zero-order valence-electron chi connectivity index (χ0n) is 11.7. The highest BCUT2D eigenvalue weighted by Crippen LogP contribution is 2.28. The van der Waals surface area contributed by atoms with Gasteiger partial charge in [-0.25, -0.2) is 0 Å². The molecule has 2 fully saturated rings. The molecule has 0 spiro atoms. The van der Waals surface area contributed by atoms with Crippen LogP contribution in [0.1, 0.15) is 51.9 Å². The highest BCUT2D eigenvalue weighted by Gasteiger charge is 2.27. The molecule has 2 rings (SSSR count). The first kappa shape index (κ1) is 13.9. The fraction of sp³-hybridized carbons (Fsp3) is 0.933. The Labute approximate surface area is 111 Å². The van der Waals surface area contributed by atoms with Crippen molar-refractivity contribution in [2.75, 3.05) is 26.2 Å². The molecule has 3 heteroatoms. The maximum atomic E-state index is 11.8. The van der Waals surface area contributed by atoms with E-state index in [1.807, 2.05) is 6.92 Å². The Kier molecular flexibility index (Phi) is 5.48. The first-order valence-electron chi connectivity index (χ1n) is 7.68. The Hall–Kier alpha value is -0.570. The van der Waals surface area contributed by atoms with Crippen molar-refractivity contribution in [3.63, 3.8) is 0 Å². The number of likely N-dealkylation sites (tertiary alicyclic amines) is 1. The topological polar surface area (TPSA) is 29.5 Å². The van der Waals surface area contributed by atoms with E-state index in [-0.39, 0.29) is 11.9 Å². The average Bonchev–Trinajstić information content (AvgIpc) is 2.90. The number of carbonyl (C=O) groups excluding carboxylic acids is 1. The molecule has 0 aromatic rings. The van der Waals surface area contributed by atoms with Gasteiger partial charge in [0.1, 0.15) is 0 Å². The number of rotatable bonds is 5. The van der Waals surface area contributed by atoms with E-state index in [0.29, 0.717) is 6.61 Å². The number of hydrogen-bond donors (Lipinski definition) is 0. The van der Waals surface area contributed by atoms with Crippen molar-refractivity contribution in [2.24, 2.45) is 11.8 Å². The fourth-order valence-electron chi connectivity index (χ4n) is 3.38. The molecule has 1 saturated carbocycles. The minimum absolute atomic E-state index is 0.0167. The van der Waals surface area contributed by atoms with E-state index in [1.165, 1.54) is 45.2 Å². The number of carbonyl (C=O) groups is 1. The monoisotopic (exact) mass is 253 g/mol. The van der Waals surface area contributed by atoms with Gasteiger partial charge in [0.2, 0.25) is 0 Å². The van der Waals surface area contributed by atoms with Crippen LogP contribution in [0.15, 0.2) is 0 Å². The Morgan fingerprint density at radius 2 is 2.00 bits per heavy atom. The van der Waals surface area contributed by atoms with Crippen LogP contribution in [0.25, 0.3) is 0 Å². The molecule has 1 aliphatic carbocycles. The number of piperidine rings is 1. The molecule has 18 heavy (non-hydrogen) atoms. The van der Waals surface area contributed by atoms with Gasteiger partial charge in [0.25, 0.3) is 0 Å². The minimum Gasteiger partial charge on any atom is -0.466 e. The van der Waals surface area contributed by atoms with Gasteiger partial charge in [0, 0.05) is 6.54 Å². The highest BCUT2D eigenvalue weighted by atomic mass is 16.5. The zero-order chi connectivity index (χ0) is 12.8. The fourth-order valence-corrected chi connectivity index (χ4v) is 3.38. The summed E-state index contributed by atoms with van der Waals surface area (Å²) in [6, 6.07) is 0. The van der Waals surface area contributed by atoms with E-state index < -0.39 is 0 Å². The number of esters is 1. The third kappa shape index (κ3) is 3.98. The van der Waals surface area contributed by atoms with E-state index in [0.717, 1.165) is 25.3 Å². The predicted octanol–water partition coefficient (Wildman–Crippen LogP) is 2.84. The molecule has 104 valence electrons. The van der Waals surface area contributed by atoms with Gasteiger partial charge in [-0.05, 0) is 45.2 Å². The molecular formula is C15H27NO2. The molecule has 0 aromatic heterocycles. The molecule has 0 N–H and O–H groups in total. The van der Waals surface area contributed by atoms with E-state index >= 15 is 0 Å². The summed E-state index contributed by atoms with van der Waals surface area (Å²) in [4.78, 5) is 14.2. The summed E-state index contributed by atoms with van der Waals surface area (Å²) < 4.78 is 5.14. The lowest BCUT2D eigenvalue weighted by molar-refractivity contribution is -0.149. The number of nitrogens with zero attached hydrogens (tertiary/aromatic N) is 1. The van der Waals surface area contributed by atoms with Crippen molar-refractivity contribution >= 4 is 5.97 Å². The van der Waals surface area contributed by atoms with Gasteiger partial charge in [-0.3, -0.25) is 4.79 Å². The van der Waals surface area contributed by atoms with E-state index in [4.69, 9.17) is 4.74 Å². The molecule has 0 aromatic carbocycles. The first-order chi connectivity index (χ1) is 8.79. The van der Waals surface area contributed by atoms with Crippen LogP contribution in [0.3, 0.4) is 0 Å². The lowest BCUT2D eigenvalue weighted by Gasteiger charge is -2.32. The van der Waals surface area contributed by atoms with Crippen molar-refractivity contribution < 1.29 is 9.53 Å². The maximum Gasteiger partial charge on any atom is 0.310 e. The average molecular weight is 253 g/mol. The van der Waals surface area contributed by atoms with Gasteiger partial charge < -0.3 is 9.64 Å². The van der Waals surface area contributed by atoms with Crippen molar-refractivity contribution in [1.29, 1.82) is 0 Å². The summed E-state index contributed by atoms with van der Waals surface area (Å²) >= 11 is 0. The third-order valence-corrected chi connectivity index (χ3v) is 4.45. The quantitative estimate of drug-likeness (QED) is 0.706. The van der Waals surface area contributed by atoms with E-state index in [1.54, 1.807) is 0 Å². The first-order valence-corrected chi connectivity index (χ1v) is 7.68. The number of ether oxygens (including phenoxy) is 1.